The summed E-state index contributed by atoms with van der Waals surface area (Å²) < 4.78 is 0. The first-order chi connectivity index (χ1) is 14.5. The molecular formula is C23H25N5OS. The SMILES string of the molecule is Cc1sc2nc(CN3CCN(c4cc(C)c5ccccc5n4)CC3)[nH]c(=O)c2c1C. The summed E-state index contributed by atoms with van der Waals surface area (Å²) in [7, 11) is 0. The molecule has 7 heteroatoms. The number of para-hydroxylation sites is 1. The van der Waals surface area contributed by atoms with Gasteiger partial charge < -0.3 is 9.88 Å². The molecule has 6 nitrogen and oxygen atoms in total. The second kappa shape index (κ2) is 7.49. The largest absolute Gasteiger partial charge is 0.354 e. The fraction of sp³-hybridized carbons (Fsp3) is 0.348. The van der Waals surface area contributed by atoms with E-state index in [1.165, 1.54) is 10.9 Å². The molecule has 4 heterocycles. The number of nitrogens with zero attached hydrogens (tertiary/aromatic N) is 4. The maximum atomic E-state index is 12.5. The lowest BCUT2D eigenvalue weighted by Gasteiger charge is -2.35. The van der Waals surface area contributed by atoms with Gasteiger partial charge in [0.2, 0.25) is 0 Å². The van der Waals surface area contributed by atoms with Gasteiger partial charge in [0.05, 0.1) is 17.4 Å². The van der Waals surface area contributed by atoms with Crippen LogP contribution in [-0.4, -0.2) is 46.0 Å². The van der Waals surface area contributed by atoms with Gasteiger partial charge in [0.1, 0.15) is 16.5 Å². The van der Waals surface area contributed by atoms with Crippen molar-refractivity contribution >= 4 is 38.3 Å². The summed E-state index contributed by atoms with van der Waals surface area (Å²) in [4.78, 5) is 31.8. The van der Waals surface area contributed by atoms with E-state index in [4.69, 9.17) is 9.97 Å². The quantitative estimate of drug-likeness (QED) is 0.547. The van der Waals surface area contributed by atoms with Crippen LogP contribution in [0.5, 0.6) is 0 Å². The first-order valence-corrected chi connectivity index (χ1v) is 11.1. The van der Waals surface area contributed by atoms with Crippen LogP contribution in [0.2, 0.25) is 0 Å². The fourth-order valence-corrected chi connectivity index (χ4v) is 5.26. The van der Waals surface area contributed by atoms with E-state index >= 15 is 0 Å². The van der Waals surface area contributed by atoms with E-state index in [1.54, 1.807) is 11.3 Å². The maximum absolute atomic E-state index is 12.5. The number of anilines is 1. The number of thiophene rings is 1. The highest BCUT2D eigenvalue weighted by atomic mass is 32.1. The van der Waals surface area contributed by atoms with Crippen LogP contribution in [0.3, 0.4) is 0 Å². The van der Waals surface area contributed by atoms with E-state index in [0.29, 0.717) is 6.54 Å². The number of aryl methyl sites for hydroxylation is 3. The molecule has 30 heavy (non-hydrogen) atoms. The Morgan fingerprint density at radius 2 is 1.83 bits per heavy atom. The number of nitrogens with one attached hydrogen (secondary N) is 1. The minimum Gasteiger partial charge on any atom is -0.354 e. The minimum absolute atomic E-state index is 0.0219. The predicted molar refractivity (Wildman–Crippen MR) is 124 cm³/mol. The first kappa shape index (κ1) is 19.2. The zero-order valence-corrected chi connectivity index (χ0v) is 18.3. The first-order valence-electron chi connectivity index (χ1n) is 10.3. The van der Waals surface area contributed by atoms with Gasteiger partial charge in [0, 0.05) is 36.4 Å². The lowest BCUT2D eigenvalue weighted by atomic mass is 10.1. The second-order valence-corrected chi connectivity index (χ2v) is 9.26. The molecular weight excluding hydrogens is 394 g/mol. The molecule has 0 saturated carbocycles. The summed E-state index contributed by atoms with van der Waals surface area (Å²) in [5.41, 5.74) is 3.33. The van der Waals surface area contributed by atoms with Gasteiger partial charge in [-0.15, -0.1) is 11.3 Å². The Balaban J connectivity index is 1.31. The Labute approximate surface area is 179 Å². The van der Waals surface area contributed by atoms with Gasteiger partial charge >= 0.3 is 0 Å². The number of hydrogen-bond donors (Lipinski definition) is 1. The van der Waals surface area contributed by atoms with Gasteiger partial charge in [-0.3, -0.25) is 9.69 Å². The van der Waals surface area contributed by atoms with Crippen LogP contribution < -0.4 is 10.5 Å². The minimum atomic E-state index is -0.0219. The number of rotatable bonds is 3. The topological polar surface area (TPSA) is 65.1 Å². The number of H-pyrrole nitrogens is 1. The molecule has 0 radical (unpaired) electrons. The van der Waals surface area contributed by atoms with Gasteiger partial charge in [-0.25, -0.2) is 9.97 Å². The average Bonchev–Trinajstić information content (AvgIpc) is 3.02. The molecule has 1 N–H and O–H groups in total. The predicted octanol–water partition coefficient (Wildman–Crippen LogP) is 3.78. The number of benzene rings is 1. The molecule has 0 spiro atoms. The van der Waals surface area contributed by atoms with Crippen molar-refractivity contribution in [2.75, 3.05) is 31.1 Å². The Bertz CT molecular complexity index is 1300. The maximum Gasteiger partial charge on any atom is 0.259 e. The standard InChI is InChI=1S/C23H25N5OS/c1-14-12-20(24-18-7-5-4-6-17(14)18)28-10-8-27(9-11-28)13-19-25-22(29)21-15(2)16(3)30-23(21)26-19/h4-7,12H,8-11,13H2,1-3H3,(H,25,26,29). The molecule has 0 amide bonds. The average molecular weight is 420 g/mol. The Morgan fingerprint density at radius 3 is 2.63 bits per heavy atom. The van der Waals surface area contributed by atoms with Crippen LogP contribution in [0.15, 0.2) is 35.1 Å². The van der Waals surface area contributed by atoms with E-state index in [9.17, 15) is 4.79 Å². The van der Waals surface area contributed by atoms with Crippen LogP contribution in [0.4, 0.5) is 5.82 Å². The van der Waals surface area contributed by atoms with E-state index in [1.807, 2.05) is 19.9 Å². The van der Waals surface area contributed by atoms with Crippen molar-refractivity contribution in [1.29, 1.82) is 0 Å². The number of aromatic amines is 1. The molecule has 0 unspecified atom stereocenters. The third-order valence-electron chi connectivity index (χ3n) is 6.07. The van der Waals surface area contributed by atoms with E-state index in [2.05, 4.69) is 46.0 Å². The number of hydrogen-bond acceptors (Lipinski definition) is 6. The monoisotopic (exact) mass is 419 g/mol. The summed E-state index contributed by atoms with van der Waals surface area (Å²) >= 11 is 1.60. The molecule has 1 aromatic carbocycles. The third-order valence-corrected chi connectivity index (χ3v) is 7.17. The van der Waals surface area contributed by atoms with Gasteiger partial charge in [0.15, 0.2) is 0 Å². The highest BCUT2D eigenvalue weighted by Crippen LogP contribution is 2.26. The number of pyridine rings is 1. The normalized spacial score (nSPS) is 15.4. The number of aromatic nitrogens is 3. The van der Waals surface area contributed by atoms with Gasteiger partial charge in [-0.05, 0) is 44.0 Å². The van der Waals surface area contributed by atoms with Gasteiger partial charge in [0.25, 0.3) is 5.56 Å². The molecule has 3 aromatic heterocycles. The molecule has 1 aliphatic rings. The van der Waals surface area contributed by atoms with Gasteiger partial charge in [-0.1, -0.05) is 18.2 Å². The van der Waals surface area contributed by atoms with Crippen LogP contribution in [-0.2, 0) is 6.54 Å². The van der Waals surface area contributed by atoms with Crippen molar-refractivity contribution in [3.8, 4) is 0 Å². The molecule has 0 bridgehead atoms. The molecule has 154 valence electrons. The Morgan fingerprint density at radius 1 is 1.07 bits per heavy atom. The lowest BCUT2D eigenvalue weighted by molar-refractivity contribution is 0.243. The van der Waals surface area contributed by atoms with Crippen molar-refractivity contribution in [2.45, 2.75) is 27.3 Å². The van der Waals surface area contributed by atoms with Crippen molar-refractivity contribution in [3.63, 3.8) is 0 Å². The number of piperazine rings is 1. The summed E-state index contributed by atoms with van der Waals surface area (Å²) in [6.45, 7) is 10.5. The number of fused-ring (bicyclic) bond motifs is 2. The summed E-state index contributed by atoms with van der Waals surface area (Å²) in [6, 6.07) is 10.5. The van der Waals surface area contributed by atoms with Crippen LogP contribution in [0.1, 0.15) is 21.8 Å². The van der Waals surface area contributed by atoms with Gasteiger partial charge in [-0.2, -0.15) is 0 Å². The Kier molecular flexibility index (Phi) is 4.79. The smallest absolute Gasteiger partial charge is 0.259 e. The van der Waals surface area contributed by atoms with Crippen molar-refractivity contribution in [2.24, 2.45) is 0 Å². The van der Waals surface area contributed by atoms with Crippen molar-refractivity contribution in [1.82, 2.24) is 19.9 Å². The van der Waals surface area contributed by atoms with E-state index in [0.717, 1.165) is 64.0 Å². The molecule has 1 saturated heterocycles. The van der Waals surface area contributed by atoms with Crippen LogP contribution in [0.25, 0.3) is 21.1 Å². The molecule has 1 fully saturated rings. The Hall–Kier alpha value is -2.77. The van der Waals surface area contributed by atoms with Crippen molar-refractivity contribution in [3.05, 3.63) is 62.5 Å². The summed E-state index contributed by atoms with van der Waals surface area (Å²) in [5, 5.41) is 1.95. The molecule has 5 rings (SSSR count). The zero-order valence-electron chi connectivity index (χ0n) is 17.5. The lowest BCUT2D eigenvalue weighted by Crippen LogP contribution is -2.46. The second-order valence-electron chi connectivity index (χ2n) is 8.05. The highest BCUT2D eigenvalue weighted by molar-refractivity contribution is 7.18. The molecule has 1 aliphatic heterocycles. The molecule has 4 aromatic rings. The zero-order chi connectivity index (χ0) is 20.8. The fourth-order valence-electron chi connectivity index (χ4n) is 4.21. The van der Waals surface area contributed by atoms with E-state index < -0.39 is 0 Å². The molecule has 0 atom stereocenters. The van der Waals surface area contributed by atoms with Crippen LogP contribution >= 0.6 is 11.3 Å². The molecule has 0 aliphatic carbocycles. The summed E-state index contributed by atoms with van der Waals surface area (Å²) in [6.07, 6.45) is 0. The third kappa shape index (κ3) is 3.38. The highest BCUT2D eigenvalue weighted by Gasteiger charge is 2.20. The van der Waals surface area contributed by atoms with E-state index in [-0.39, 0.29) is 5.56 Å². The van der Waals surface area contributed by atoms with Crippen molar-refractivity contribution < 1.29 is 0 Å². The van der Waals surface area contributed by atoms with Crippen LogP contribution in [0, 0.1) is 20.8 Å². The summed E-state index contributed by atoms with van der Waals surface area (Å²) in [5.74, 6) is 1.80.